The number of aliphatic imine (C=N–C) groups is 8. The molecule has 8 aliphatic rings. The average molecular weight is 1570 g/mol. The second kappa shape index (κ2) is 33.6. The first kappa shape index (κ1) is 77.3. The zero-order valence-corrected chi connectivity index (χ0v) is 65.2. The first-order valence-corrected chi connectivity index (χ1v) is 39.9. The van der Waals surface area contributed by atoms with Crippen LogP contribution >= 0.6 is 0 Å². The minimum atomic E-state index is -4.62. The summed E-state index contributed by atoms with van der Waals surface area (Å²) in [7, 11) is -0.624. The zero-order valence-electron chi connectivity index (χ0n) is 61.9. The van der Waals surface area contributed by atoms with Gasteiger partial charge in [0.1, 0.15) is 45.2 Å². The lowest BCUT2D eigenvalue weighted by molar-refractivity contribution is 0.400. The lowest BCUT2D eigenvalue weighted by Crippen LogP contribution is -2.72. The third-order valence-electron chi connectivity index (χ3n) is 19.4. The molecule has 4 aromatic heterocycles. The quantitative estimate of drug-likeness (QED) is 0.119. The molecule has 18 nitrogen and oxygen atoms in total. The SMILES string of the molecule is CF.CF.CF.CF.CF.CF.CF.CF.c1ccc([Si]([O][Al]2[n]3c4c5ccccc5c3N=C3N=C(N=c5c6ccccc6c([n]52)=NC2=NC(=N4)c4ccccc42)c2ccccc23)([O][Al]2[n]3c4c5ccccc5c3N=C3N=C(N=c5c6ccccc6c([n]52)=NC2=NC(=N4)c4ccccc42)c2ccccc23)c2ccccc2)cc1. The molecule has 0 unspecified atom stereocenters. The second-order valence-electron chi connectivity index (χ2n) is 24.6. The molecule has 0 spiro atoms. The van der Waals surface area contributed by atoms with Gasteiger partial charge in [-0.3, -0.25) is 35.1 Å². The van der Waals surface area contributed by atoms with Crippen LogP contribution in [-0.2, 0) is 6.96 Å². The molecule has 0 aliphatic carbocycles. The first-order chi connectivity index (χ1) is 56.1. The molecule has 0 radical (unpaired) electrons. The molecular formula is C84H66Al2F8N16O2Si. The van der Waals surface area contributed by atoms with E-state index in [2.05, 4.69) is 208 Å². The number of fused-ring (bicyclic) bond motifs is 28. The van der Waals surface area contributed by atoms with E-state index in [-0.39, 0.29) is 0 Å². The molecule has 113 heavy (non-hydrogen) atoms. The van der Waals surface area contributed by atoms with Crippen LogP contribution in [-0.4, -0.2) is 157 Å². The molecule has 29 heteroatoms. The molecule has 0 amide bonds. The summed E-state index contributed by atoms with van der Waals surface area (Å²) in [4.78, 5) is 67.9. The number of aromatic nitrogens is 4. The van der Waals surface area contributed by atoms with E-state index in [1.807, 2.05) is 60.7 Å². The van der Waals surface area contributed by atoms with Crippen molar-refractivity contribution in [1.29, 1.82) is 0 Å². The van der Waals surface area contributed by atoms with Crippen molar-refractivity contribution < 1.29 is 42.1 Å². The average Bonchev–Trinajstić information content (AvgIpc) is 1.57. The Morgan fingerprint density at radius 2 is 0.381 bits per heavy atom. The van der Waals surface area contributed by atoms with Crippen molar-refractivity contribution in [3.8, 4) is 0 Å². The number of rotatable bonds is 6. The van der Waals surface area contributed by atoms with E-state index in [1.165, 1.54) is 0 Å². The summed E-state index contributed by atoms with van der Waals surface area (Å²) < 4.78 is 103. The summed E-state index contributed by atoms with van der Waals surface area (Å²) in [6.07, 6.45) is 0. The summed E-state index contributed by atoms with van der Waals surface area (Å²) in [5.41, 5.74) is 9.16. The number of alkyl halides is 8. The Balaban J connectivity index is 0.000000626. The highest BCUT2D eigenvalue weighted by Gasteiger charge is 2.57. The van der Waals surface area contributed by atoms with Crippen LogP contribution in [0.25, 0.3) is 43.1 Å². The fourth-order valence-electron chi connectivity index (χ4n) is 15.1. The molecule has 10 aromatic carbocycles. The zero-order chi connectivity index (χ0) is 79.2. The number of amidine groups is 8. The van der Waals surface area contributed by atoms with E-state index in [0.29, 0.717) is 149 Å². The van der Waals surface area contributed by atoms with Crippen LogP contribution in [0.3, 0.4) is 0 Å². The van der Waals surface area contributed by atoms with Gasteiger partial charge >= 0.3 is 38.4 Å². The highest BCUT2D eigenvalue weighted by Crippen LogP contribution is 2.45. The highest BCUT2D eigenvalue weighted by molar-refractivity contribution is 6.98. The van der Waals surface area contributed by atoms with Crippen molar-refractivity contribution in [2.45, 2.75) is 0 Å². The van der Waals surface area contributed by atoms with Gasteiger partial charge in [-0.15, -0.1) is 0 Å². The smallest absolute Gasteiger partial charge is 0.483 e. The second-order valence-corrected chi connectivity index (χ2v) is 32.2. The minimum Gasteiger partial charge on any atom is -0.483 e. The van der Waals surface area contributed by atoms with E-state index in [1.54, 1.807) is 0 Å². The van der Waals surface area contributed by atoms with E-state index >= 15 is 0 Å². The van der Waals surface area contributed by atoms with Gasteiger partial charge in [0, 0.05) is 87.6 Å². The van der Waals surface area contributed by atoms with Gasteiger partial charge in [-0.05, 0) is 10.4 Å². The molecule has 12 bridgehead atoms. The normalized spacial score (nSPS) is 13.7. The molecule has 0 fully saturated rings. The predicted molar refractivity (Wildman–Crippen MR) is 439 cm³/mol. The van der Waals surface area contributed by atoms with Crippen molar-refractivity contribution in [1.82, 2.24) is 14.2 Å². The Labute approximate surface area is 652 Å². The number of benzene rings is 10. The summed E-state index contributed by atoms with van der Waals surface area (Å²) in [5.74, 6) is 6.45. The van der Waals surface area contributed by atoms with Gasteiger partial charge in [0.15, 0.2) is 46.7 Å². The summed E-state index contributed by atoms with van der Waals surface area (Å²) in [6, 6.07) is 87.1. The Bertz CT molecular complexity index is 5870. The number of nitrogens with zero attached hydrogens (tertiary/aromatic N) is 16. The summed E-state index contributed by atoms with van der Waals surface area (Å²) in [5, 5.41) is 8.33. The molecule has 14 aromatic rings. The monoisotopic (exact) mass is 1560 g/mol. The lowest BCUT2D eigenvalue weighted by Gasteiger charge is -2.38. The van der Waals surface area contributed by atoms with Gasteiger partial charge in [0.05, 0.1) is 57.4 Å². The highest BCUT2D eigenvalue weighted by atomic mass is 28.4. The molecular weight excluding hydrogens is 1500 g/mol. The maximum atomic E-state index is 9.50. The minimum absolute atomic E-state index is 0.500. The Morgan fingerprint density at radius 1 is 0.204 bits per heavy atom. The standard InChI is InChI=1S/2C32H16N8.C12H10O2Si.8CH3F.2Al/c2*1-2-10-18-17(9-1)25-33-26(18)38-28-21-13-5-6-14-22(21)30(35-28)40-32-24-16-8-7-15-23(24)31(36-32)39-29-20-12-4-3-11-19(20)27(34-29)37-25;13-15(14,11-7-3-1-4-8-11)12-9-5-2-6-10-12;8*1-2;;/h2*1-16H;1-10H;8*1H3;;/q3*-2;;;;;;;;;2*+3. The van der Waals surface area contributed by atoms with E-state index in [4.69, 9.17) is 66.9 Å². The van der Waals surface area contributed by atoms with Crippen LogP contribution in [0.1, 0.15) is 44.5 Å². The number of halogens is 8. The van der Waals surface area contributed by atoms with E-state index in [9.17, 15) is 35.1 Å². The fraction of sp³-hybridized carbons (Fsp3) is 0.0952. The molecule has 8 aliphatic heterocycles. The van der Waals surface area contributed by atoms with Gasteiger partial charge < -0.3 is 21.2 Å². The Kier molecular flexibility index (Phi) is 23.0. The van der Waals surface area contributed by atoms with Crippen LogP contribution < -0.4 is 32.3 Å². The molecule has 22 rings (SSSR count). The van der Waals surface area contributed by atoms with Crippen molar-refractivity contribution in [3.05, 3.63) is 321 Å². The lowest BCUT2D eigenvalue weighted by atomic mass is 10.1. The van der Waals surface area contributed by atoms with E-state index < -0.39 is 38.4 Å². The maximum Gasteiger partial charge on any atom is 0.800 e. The third kappa shape index (κ3) is 12.7. The topological polar surface area (TPSA) is 187 Å². The van der Waals surface area contributed by atoms with Gasteiger partial charge in [0.2, 0.25) is 0 Å². The van der Waals surface area contributed by atoms with Gasteiger partial charge in [-0.25, -0.2) is 59.9 Å². The van der Waals surface area contributed by atoms with Gasteiger partial charge in [0.25, 0.3) is 0 Å². The van der Waals surface area contributed by atoms with Gasteiger partial charge in [-0.2, -0.15) is 0 Å². The summed E-state index contributed by atoms with van der Waals surface area (Å²) in [6.45, 7) is 0. The third-order valence-corrected chi connectivity index (χ3v) is 29.6. The first-order valence-electron chi connectivity index (χ1n) is 35.0. The van der Waals surface area contributed by atoms with Crippen molar-refractivity contribution in [2.24, 2.45) is 59.9 Å². The van der Waals surface area contributed by atoms with E-state index in [0.717, 1.165) is 98.0 Å². The number of hydrogen-bond acceptors (Lipinski definition) is 14. The Hall–Kier alpha value is -12.4. The fourth-order valence-corrected chi connectivity index (χ4v) is 27.3. The van der Waals surface area contributed by atoms with Crippen molar-refractivity contribution >= 4 is 162 Å². The van der Waals surface area contributed by atoms with Crippen LogP contribution in [0.15, 0.2) is 315 Å². The molecule has 0 N–H and O–H groups in total. The van der Waals surface area contributed by atoms with Crippen LogP contribution in [0.5, 0.6) is 0 Å². The molecule has 560 valence electrons. The largest absolute Gasteiger partial charge is 0.800 e. The maximum absolute atomic E-state index is 9.50. The molecule has 12 heterocycles. The predicted octanol–water partition coefficient (Wildman–Crippen LogP) is 14.8. The molecule has 0 saturated heterocycles. The van der Waals surface area contributed by atoms with Crippen LogP contribution in [0, 0.1) is 0 Å². The van der Waals surface area contributed by atoms with Crippen LogP contribution in [0.4, 0.5) is 58.4 Å². The van der Waals surface area contributed by atoms with Gasteiger partial charge in [-0.1, -0.05) is 255 Å². The molecule has 0 atom stereocenters. The van der Waals surface area contributed by atoms with Crippen molar-refractivity contribution in [3.63, 3.8) is 0 Å². The summed E-state index contributed by atoms with van der Waals surface area (Å²) >= 11 is -7.71. The number of hydrogen-bond donors (Lipinski definition) is 0. The molecule has 0 saturated carbocycles. The van der Waals surface area contributed by atoms with Crippen molar-refractivity contribution in [2.75, 3.05) is 57.4 Å². The van der Waals surface area contributed by atoms with Crippen LogP contribution in [0.2, 0.25) is 0 Å². The Morgan fingerprint density at radius 3 is 0.593 bits per heavy atom.